The molecule has 0 spiro atoms. The van der Waals surface area contributed by atoms with Gasteiger partial charge < -0.3 is 29.4 Å². The Balaban J connectivity index is 0.000000137. The number of hydrogen-bond acceptors (Lipinski definition) is 10. The fraction of sp³-hybridized carbons (Fsp3) is 0.0265. The van der Waals surface area contributed by atoms with Crippen molar-refractivity contribution in [2.45, 2.75) is 0 Å². The second kappa shape index (κ2) is 38.7. The minimum atomic E-state index is -0.370. The van der Waals surface area contributed by atoms with Crippen LogP contribution in [-0.2, 0) is 0 Å². The number of nitrogens with zero attached hydrogens (tertiary/aromatic N) is 9. The molecule has 0 aromatic heterocycles. The molecule has 11 nitrogen and oxygen atoms in total. The fourth-order valence-corrected chi connectivity index (χ4v) is 15.4. The van der Waals surface area contributed by atoms with Gasteiger partial charge in [0.05, 0.1) is 28.2 Å². The predicted molar refractivity (Wildman–Crippen MR) is 516 cm³/mol. The molecule has 11 heteroatoms. The lowest BCUT2D eigenvalue weighted by molar-refractivity contribution is -0.384. The van der Waals surface area contributed by atoms with E-state index in [1.165, 1.54) is 50.6 Å². The molecule has 18 rings (SSSR count). The molecule has 0 aliphatic heterocycles. The van der Waals surface area contributed by atoms with Gasteiger partial charge in [-0.15, -0.1) is 0 Å². The van der Waals surface area contributed by atoms with Crippen LogP contribution in [0.1, 0.15) is 11.1 Å². The Morgan fingerprint density at radius 1 is 0.194 bits per heavy atom. The average Bonchev–Trinajstić information content (AvgIpc) is 0.794. The molecule has 0 unspecified atom stereocenters. The summed E-state index contributed by atoms with van der Waals surface area (Å²) < 4.78 is 0. The van der Waals surface area contributed by atoms with E-state index in [1.807, 2.05) is 129 Å². The molecule has 18 aromatic carbocycles. The zero-order valence-corrected chi connectivity index (χ0v) is 68.9. The number of hydrogen-bond donors (Lipinski definition) is 0. The van der Waals surface area contributed by atoms with Crippen molar-refractivity contribution in [1.82, 2.24) is 0 Å². The van der Waals surface area contributed by atoms with Crippen LogP contribution in [-0.4, -0.2) is 26.1 Å². The summed E-state index contributed by atoms with van der Waals surface area (Å²) in [6.45, 7) is 0. The highest BCUT2D eigenvalue weighted by atomic mass is 16.6. The van der Waals surface area contributed by atoms with E-state index in [-0.39, 0.29) is 10.6 Å². The van der Waals surface area contributed by atoms with Crippen molar-refractivity contribution >= 4 is 91.0 Å². The summed E-state index contributed by atoms with van der Waals surface area (Å²) in [6.07, 6.45) is 0. The molecule has 124 heavy (non-hydrogen) atoms. The van der Waals surface area contributed by atoms with Crippen molar-refractivity contribution < 1.29 is 4.92 Å². The van der Waals surface area contributed by atoms with Crippen LogP contribution in [0.25, 0.3) is 66.8 Å². The number of nitriles is 2. The number of benzene rings is 18. The smallest absolute Gasteiger partial charge is 0.271 e. The first-order valence-electron chi connectivity index (χ1n) is 41.1. The Hall–Kier alpha value is -16.9. The molecule has 0 radical (unpaired) electrons. The Morgan fingerprint density at radius 2 is 0.395 bits per heavy atom. The molecule has 0 heterocycles. The molecule has 596 valence electrons. The van der Waals surface area contributed by atoms with Gasteiger partial charge in [-0.3, -0.25) is 10.1 Å². The van der Waals surface area contributed by atoms with Crippen molar-refractivity contribution in [3.05, 3.63) is 494 Å². The van der Waals surface area contributed by atoms with E-state index in [0.29, 0.717) is 11.1 Å². The summed E-state index contributed by atoms with van der Waals surface area (Å²) in [5, 5.41) is 29.8. The van der Waals surface area contributed by atoms with E-state index in [2.05, 4.69) is 388 Å². The molecular weight excluding hydrogens is 1520 g/mol. The summed E-state index contributed by atoms with van der Waals surface area (Å²) in [5.41, 5.74) is 30.7. The van der Waals surface area contributed by atoms with E-state index in [4.69, 9.17) is 5.26 Å². The van der Waals surface area contributed by atoms with Crippen LogP contribution >= 0.6 is 0 Å². The normalized spacial score (nSPS) is 10.6. The highest BCUT2D eigenvalue weighted by Gasteiger charge is 2.21. The molecule has 0 atom stereocenters. The minimum absolute atomic E-state index is 0.0683. The monoisotopic (exact) mass is 1600 g/mol. The Bertz CT molecular complexity index is 6460. The van der Waals surface area contributed by atoms with Crippen molar-refractivity contribution in [3.8, 4) is 78.9 Å². The van der Waals surface area contributed by atoms with Crippen molar-refractivity contribution in [2.75, 3.05) is 50.5 Å². The van der Waals surface area contributed by atoms with Gasteiger partial charge in [-0.1, -0.05) is 267 Å². The summed E-state index contributed by atoms with van der Waals surface area (Å²) in [6, 6.07) is 167. The molecule has 0 bridgehead atoms. The highest BCUT2D eigenvalue weighted by Crippen LogP contribution is 2.44. The van der Waals surface area contributed by atoms with Crippen molar-refractivity contribution in [3.63, 3.8) is 0 Å². The first-order chi connectivity index (χ1) is 60.9. The summed E-state index contributed by atoms with van der Waals surface area (Å²) in [4.78, 5) is 24.0. The Labute approximate surface area is 725 Å². The van der Waals surface area contributed by atoms with E-state index >= 15 is 0 Å². The highest BCUT2D eigenvalue weighted by molar-refractivity contribution is 5.88. The lowest BCUT2D eigenvalue weighted by Crippen LogP contribution is -2.12. The summed E-state index contributed by atoms with van der Waals surface area (Å²) >= 11 is 0. The lowest BCUT2D eigenvalue weighted by Gasteiger charge is -2.27. The maximum Gasteiger partial charge on any atom is 0.271 e. The zero-order valence-electron chi connectivity index (χ0n) is 68.9. The summed E-state index contributed by atoms with van der Waals surface area (Å²) in [7, 11) is 5.98. The van der Waals surface area contributed by atoms with Crippen LogP contribution in [0.4, 0.5) is 91.0 Å². The molecular formula is C113H87N9O2. The largest absolute Gasteiger partial charge is 0.345 e. The molecule has 0 fully saturated rings. The van der Waals surface area contributed by atoms with Gasteiger partial charge in [-0.25, -0.2) is 0 Å². The third-order valence-electron chi connectivity index (χ3n) is 21.9. The first kappa shape index (κ1) is 80.9. The van der Waals surface area contributed by atoms with E-state index < -0.39 is 0 Å². The predicted octanol–water partition coefficient (Wildman–Crippen LogP) is 30.4. The van der Waals surface area contributed by atoms with Crippen LogP contribution in [0.15, 0.2) is 473 Å². The average molecular weight is 1600 g/mol. The molecule has 0 saturated heterocycles. The van der Waals surface area contributed by atoms with E-state index in [0.717, 1.165) is 108 Å². The van der Waals surface area contributed by atoms with Gasteiger partial charge in [0, 0.05) is 119 Å². The van der Waals surface area contributed by atoms with Gasteiger partial charge in [0.25, 0.3) is 5.69 Å². The third-order valence-corrected chi connectivity index (χ3v) is 21.9. The molecule has 0 aliphatic rings. The lowest BCUT2D eigenvalue weighted by atomic mass is 10.0. The number of rotatable bonds is 22. The standard InChI is InChI=1S/2C38H29N3.C37H29N3O2/c1-40(36-18-8-11-29(25-36)28-39)34-21-23-35(24-22-34)41(37-19-9-16-32(26-37)30-12-4-2-5-13-30)38-20-10-17-33(27-38)31-14-6-3-7-15-31;1-40(34-20-18-29(28-39)19-21-34)35-22-24-36(25-23-35)41(37-16-8-14-32(26-37)30-10-4-2-5-11-30)38-17-9-15-33(27-38)31-12-6-3-7-13-31;1-38(34-17-10-20-37(27-34)40(41)42)32-21-23-33(24-22-32)39(35-18-8-15-30(25-35)28-11-4-2-5-12-28)36-19-9-16-31(26-36)29-13-6-3-7-14-29/h2*2-27H,1H3;2-27H,1H3. The van der Waals surface area contributed by atoms with E-state index in [1.54, 1.807) is 12.1 Å². The van der Waals surface area contributed by atoms with Gasteiger partial charge in [0.1, 0.15) is 0 Å². The van der Waals surface area contributed by atoms with Crippen LogP contribution in [0, 0.1) is 32.8 Å². The maximum atomic E-state index is 11.3. The van der Waals surface area contributed by atoms with Crippen LogP contribution < -0.4 is 29.4 Å². The fourth-order valence-electron chi connectivity index (χ4n) is 15.4. The second-order valence-electron chi connectivity index (χ2n) is 29.8. The van der Waals surface area contributed by atoms with Crippen molar-refractivity contribution in [2.24, 2.45) is 0 Å². The van der Waals surface area contributed by atoms with Gasteiger partial charge in [-0.05, 0) is 261 Å². The molecule has 0 N–H and O–H groups in total. The summed E-state index contributed by atoms with van der Waals surface area (Å²) in [5.74, 6) is 0. The number of nitro groups is 1. The number of non-ortho nitro benzene ring substituents is 1. The molecule has 18 aromatic rings. The van der Waals surface area contributed by atoms with Gasteiger partial charge in [-0.2, -0.15) is 10.5 Å². The van der Waals surface area contributed by atoms with Crippen molar-refractivity contribution in [1.29, 1.82) is 10.5 Å². The Kier molecular flexibility index (Phi) is 25.2. The number of anilines is 15. The second-order valence-corrected chi connectivity index (χ2v) is 29.8. The SMILES string of the molecule is CN(c1ccc(C#N)cc1)c1ccc(N(c2cccc(-c3ccccc3)c2)c2cccc(-c3ccccc3)c2)cc1.CN(c1ccc(N(c2cccc(-c3ccccc3)c2)c2cccc(-c3ccccc3)c2)cc1)c1cccc(C#N)c1.CN(c1ccc(N(c2cccc(-c3ccccc3)c2)c2cccc(-c3ccccc3)c2)cc1)c1cccc([N+](=O)[O-])c1. The topological polar surface area (TPSA) is 110 Å². The van der Waals surface area contributed by atoms with Gasteiger partial charge in [0.15, 0.2) is 0 Å². The van der Waals surface area contributed by atoms with Crippen LogP contribution in [0.2, 0.25) is 0 Å². The van der Waals surface area contributed by atoms with Gasteiger partial charge in [0.2, 0.25) is 0 Å². The minimum Gasteiger partial charge on any atom is -0.345 e. The third kappa shape index (κ3) is 19.3. The molecule has 0 amide bonds. The zero-order chi connectivity index (χ0) is 84.9. The first-order valence-corrected chi connectivity index (χ1v) is 41.1. The Morgan fingerprint density at radius 3 is 0.645 bits per heavy atom. The maximum absolute atomic E-state index is 11.3. The van der Waals surface area contributed by atoms with Crippen LogP contribution in [0.5, 0.6) is 0 Å². The molecule has 0 aliphatic carbocycles. The van der Waals surface area contributed by atoms with Crippen LogP contribution in [0.3, 0.4) is 0 Å². The van der Waals surface area contributed by atoms with Gasteiger partial charge >= 0.3 is 0 Å². The van der Waals surface area contributed by atoms with E-state index in [9.17, 15) is 15.4 Å². The number of nitro benzene ring substituents is 1. The molecule has 0 saturated carbocycles. The quantitative estimate of drug-likeness (QED) is 0.0480.